The highest BCUT2D eigenvalue weighted by Gasteiger charge is 2.09. The van der Waals surface area contributed by atoms with Gasteiger partial charge in [-0.15, -0.1) is 0 Å². The molecule has 2 unspecified atom stereocenters. The number of benzene rings is 1. The van der Waals surface area contributed by atoms with Gasteiger partial charge in [0.2, 0.25) is 0 Å². The van der Waals surface area contributed by atoms with Crippen molar-refractivity contribution in [3.63, 3.8) is 0 Å². The zero-order chi connectivity index (χ0) is 12.8. The van der Waals surface area contributed by atoms with E-state index in [9.17, 15) is 14.3 Å². The summed E-state index contributed by atoms with van der Waals surface area (Å²) in [5.41, 5.74) is 6.59. The van der Waals surface area contributed by atoms with Crippen molar-refractivity contribution < 1.29 is 9.13 Å². The Bertz CT molecular complexity index is 406. The van der Waals surface area contributed by atoms with E-state index in [0.29, 0.717) is 11.5 Å². The lowest BCUT2D eigenvalue weighted by Crippen LogP contribution is -2.26. The summed E-state index contributed by atoms with van der Waals surface area (Å²) in [5.74, 6) is 0.860. The van der Waals surface area contributed by atoms with E-state index in [0.717, 1.165) is 12.0 Å². The number of non-ortho nitro benzene ring substituents is 1. The maximum atomic E-state index is 11.7. The largest absolute Gasteiger partial charge is 0.327 e. The first-order chi connectivity index (χ1) is 8.02. The molecule has 5 nitrogen and oxygen atoms in total. The topological polar surface area (TPSA) is 86.2 Å². The van der Waals surface area contributed by atoms with Gasteiger partial charge in [0.1, 0.15) is 0 Å². The standard InChI is InChI=1S/C11H16N2O3S/c1-2-10(12)8-17(16)7-9-3-5-11(6-4-9)13(14)15/h3-6,10H,2,7-8,12H2,1H3. The third-order valence-corrected chi connectivity index (χ3v) is 3.85. The fourth-order valence-electron chi connectivity index (χ4n) is 1.32. The number of nitro benzene ring substituents is 1. The molecule has 0 spiro atoms. The van der Waals surface area contributed by atoms with Gasteiger partial charge in [-0.1, -0.05) is 19.1 Å². The lowest BCUT2D eigenvalue weighted by Gasteiger charge is -2.08. The summed E-state index contributed by atoms with van der Waals surface area (Å²) in [5, 5.41) is 10.4. The molecular weight excluding hydrogens is 240 g/mol. The van der Waals surface area contributed by atoms with Gasteiger partial charge < -0.3 is 5.73 Å². The highest BCUT2D eigenvalue weighted by molar-refractivity contribution is 7.84. The second kappa shape index (κ2) is 6.46. The van der Waals surface area contributed by atoms with Crippen molar-refractivity contribution in [1.29, 1.82) is 0 Å². The van der Waals surface area contributed by atoms with Crippen LogP contribution in [0.25, 0.3) is 0 Å². The minimum absolute atomic E-state index is 0.0461. The van der Waals surface area contributed by atoms with Crippen LogP contribution in [-0.2, 0) is 16.6 Å². The molecule has 1 aromatic carbocycles. The molecule has 1 rings (SSSR count). The van der Waals surface area contributed by atoms with Crippen LogP contribution in [-0.4, -0.2) is 20.9 Å². The molecular formula is C11H16N2O3S. The smallest absolute Gasteiger partial charge is 0.269 e. The molecule has 0 amide bonds. The van der Waals surface area contributed by atoms with Crippen molar-refractivity contribution in [1.82, 2.24) is 0 Å². The Kier molecular flexibility index (Phi) is 5.24. The van der Waals surface area contributed by atoms with Crippen molar-refractivity contribution in [2.24, 2.45) is 5.73 Å². The Morgan fingerprint density at radius 2 is 2.00 bits per heavy atom. The minimum Gasteiger partial charge on any atom is -0.327 e. The number of rotatable bonds is 6. The van der Waals surface area contributed by atoms with Crippen LogP contribution in [0.2, 0.25) is 0 Å². The molecule has 1 aromatic rings. The van der Waals surface area contributed by atoms with Crippen molar-refractivity contribution in [2.75, 3.05) is 5.75 Å². The molecule has 6 heteroatoms. The Labute approximate surface area is 103 Å². The molecule has 0 saturated heterocycles. The third kappa shape index (κ3) is 4.62. The molecule has 0 fully saturated rings. The molecule has 17 heavy (non-hydrogen) atoms. The van der Waals surface area contributed by atoms with Gasteiger partial charge >= 0.3 is 0 Å². The molecule has 0 aliphatic carbocycles. The van der Waals surface area contributed by atoms with Crippen LogP contribution in [0.4, 0.5) is 5.69 Å². The van der Waals surface area contributed by atoms with Crippen LogP contribution in [0.1, 0.15) is 18.9 Å². The van der Waals surface area contributed by atoms with Crippen LogP contribution in [0.15, 0.2) is 24.3 Å². The number of nitrogens with two attached hydrogens (primary N) is 1. The van der Waals surface area contributed by atoms with Gasteiger partial charge in [0.05, 0.1) is 4.92 Å². The van der Waals surface area contributed by atoms with Gasteiger partial charge in [0, 0.05) is 40.5 Å². The Morgan fingerprint density at radius 3 is 2.47 bits per heavy atom. The average molecular weight is 256 g/mol. The second-order valence-corrected chi connectivity index (χ2v) is 5.34. The van der Waals surface area contributed by atoms with Crippen molar-refractivity contribution in [3.05, 3.63) is 39.9 Å². The molecule has 0 heterocycles. The minimum atomic E-state index is -1.01. The molecule has 2 N–H and O–H groups in total. The zero-order valence-corrected chi connectivity index (χ0v) is 10.5. The number of nitrogens with zero attached hydrogens (tertiary/aromatic N) is 1. The van der Waals surface area contributed by atoms with E-state index in [1.807, 2.05) is 6.92 Å². The summed E-state index contributed by atoms with van der Waals surface area (Å²) >= 11 is 0. The normalized spacial score (nSPS) is 14.2. The third-order valence-electron chi connectivity index (χ3n) is 2.40. The Morgan fingerprint density at radius 1 is 1.41 bits per heavy atom. The molecule has 0 bridgehead atoms. The highest BCUT2D eigenvalue weighted by atomic mass is 32.2. The predicted molar refractivity (Wildman–Crippen MR) is 68.1 cm³/mol. The first kappa shape index (κ1) is 13.8. The molecule has 0 aromatic heterocycles. The van der Waals surface area contributed by atoms with Crippen LogP contribution < -0.4 is 5.73 Å². The maximum Gasteiger partial charge on any atom is 0.269 e. The summed E-state index contributed by atoms with van der Waals surface area (Å²) in [4.78, 5) is 10.00. The second-order valence-electron chi connectivity index (χ2n) is 3.84. The first-order valence-corrected chi connectivity index (χ1v) is 6.85. The SMILES string of the molecule is CCC(N)CS(=O)Cc1ccc([N+](=O)[O-])cc1. The summed E-state index contributed by atoms with van der Waals surface area (Å²) in [7, 11) is -1.01. The monoisotopic (exact) mass is 256 g/mol. The first-order valence-electron chi connectivity index (χ1n) is 5.36. The van der Waals surface area contributed by atoms with E-state index >= 15 is 0 Å². The van der Waals surface area contributed by atoms with Gasteiger partial charge in [-0.3, -0.25) is 14.3 Å². The van der Waals surface area contributed by atoms with E-state index in [1.54, 1.807) is 12.1 Å². The molecule has 0 radical (unpaired) electrons. The zero-order valence-electron chi connectivity index (χ0n) is 9.67. The molecule has 2 atom stereocenters. The summed E-state index contributed by atoms with van der Waals surface area (Å²) in [6.07, 6.45) is 0.798. The maximum absolute atomic E-state index is 11.7. The van der Waals surface area contributed by atoms with E-state index in [4.69, 9.17) is 5.73 Å². The fourth-order valence-corrected chi connectivity index (χ4v) is 2.71. The van der Waals surface area contributed by atoms with Gasteiger partial charge in [-0.05, 0) is 12.0 Å². The predicted octanol–water partition coefficient (Wildman–Crippen LogP) is 1.58. The Hall–Kier alpha value is -1.27. The van der Waals surface area contributed by atoms with Crippen molar-refractivity contribution in [3.8, 4) is 0 Å². The van der Waals surface area contributed by atoms with Crippen molar-refractivity contribution in [2.45, 2.75) is 25.1 Å². The van der Waals surface area contributed by atoms with Crippen LogP contribution in [0, 0.1) is 10.1 Å². The quantitative estimate of drug-likeness (QED) is 0.618. The van der Waals surface area contributed by atoms with Crippen molar-refractivity contribution >= 4 is 16.5 Å². The van der Waals surface area contributed by atoms with E-state index in [-0.39, 0.29) is 11.7 Å². The van der Waals surface area contributed by atoms with Crippen LogP contribution in [0.5, 0.6) is 0 Å². The summed E-state index contributed by atoms with van der Waals surface area (Å²) < 4.78 is 11.7. The lowest BCUT2D eigenvalue weighted by molar-refractivity contribution is -0.384. The number of hydrogen-bond donors (Lipinski definition) is 1. The van der Waals surface area contributed by atoms with E-state index in [1.165, 1.54) is 12.1 Å². The molecule has 0 aliphatic rings. The van der Waals surface area contributed by atoms with Crippen LogP contribution in [0.3, 0.4) is 0 Å². The lowest BCUT2D eigenvalue weighted by atomic mass is 10.2. The molecule has 94 valence electrons. The molecule has 0 saturated carbocycles. The number of nitro groups is 1. The summed E-state index contributed by atoms with van der Waals surface area (Å²) in [6, 6.07) is 6.06. The van der Waals surface area contributed by atoms with Gasteiger partial charge in [-0.25, -0.2) is 0 Å². The van der Waals surface area contributed by atoms with Gasteiger partial charge in [0.15, 0.2) is 0 Å². The van der Waals surface area contributed by atoms with Gasteiger partial charge in [-0.2, -0.15) is 0 Å². The number of hydrogen-bond acceptors (Lipinski definition) is 4. The van der Waals surface area contributed by atoms with Crippen LogP contribution >= 0.6 is 0 Å². The average Bonchev–Trinajstić information content (AvgIpc) is 2.29. The van der Waals surface area contributed by atoms with E-state index < -0.39 is 15.7 Å². The Balaban J connectivity index is 2.57. The van der Waals surface area contributed by atoms with Gasteiger partial charge in [0.25, 0.3) is 5.69 Å². The summed E-state index contributed by atoms with van der Waals surface area (Å²) in [6.45, 7) is 1.95. The molecule has 0 aliphatic heterocycles. The van der Waals surface area contributed by atoms with E-state index in [2.05, 4.69) is 0 Å². The fraction of sp³-hybridized carbons (Fsp3) is 0.455. The highest BCUT2D eigenvalue weighted by Crippen LogP contribution is 2.13.